The summed E-state index contributed by atoms with van der Waals surface area (Å²) in [5.41, 5.74) is 47.4. The van der Waals surface area contributed by atoms with Gasteiger partial charge in [-0.25, -0.2) is 0 Å². The van der Waals surface area contributed by atoms with Crippen molar-refractivity contribution in [1.82, 2.24) is 0 Å². The molecule has 0 aliphatic heterocycles. The Bertz CT molecular complexity index is 7200. The Morgan fingerprint density at radius 1 is 0.181 bits per heavy atom. The molecule has 1 N–H and O–H groups in total. The molecule has 24 rings (SSSR count). The van der Waals surface area contributed by atoms with Gasteiger partial charge in [0.15, 0.2) is 0 Å². The molecule has 127 heavy (non-hydrogen) atoms. The molecule has 0 amide bonds. The Kier molecular flexibility index (Phi) is 20.1. The lowest BCUT2D eigenvalue weighted by Gasteiger charge is -2.46. The highest BCUT2D eigenvalue weighted by molar-refractivity contribution is 9.10. The van der Waals surface area contributed by atoms with Crippen LogP contribution >= 0.6 is 15.9 Å². The Balaban J connectivity index is 0.000000135. The maximum absolute atomic E-state index is 3.71. The molecule has 0 radical (unpaired) electrons. The van der Waals surface area contributed by atoms with Gasteiger partial charge >= 0.3 is 0 Å². The Hall–Kier alpha value is -14.0. The monoisotopic (exact) mass is 1700 g/mol. The van der Waals surface area contributed by atoms with Crippen LogP contribution in [0.3, 0.4) is 0 Å². The molecule has 6 aliphatic carbocycles. The van der Waals surface area contributed by atoms with Crippen LogP contribution in [0.5, 0.6) is 0 Å². The molecule has 2 nitrogen and oxygen atoms in total. The normalized spacial score (nSPS) is 14.7. The van der Waals surface area contributed by atoms with E-state index in [0.29, 0.717) is 0 Å². The molecule has 18 aromatic rings. The van der Waals surface area contributed by atoms with Gasteiger partial charge in [0.25, 0.3) is 0 Å². The Labute approximate surface area is 758 Å². The first-order valence-electron chi connectivity index (χ1n) is 44.0. The number of para-hydroxylation sites is 2. The standard InChI is InChI=1S/C61H47N.C43H33Br.C18H15N.2CH4/c1-59(2)53-23-13-15-25-55(53)61(56-26-16-14-24-54(56)59)51-22-12-11-21-47(51)50-37-42(30-36-52(50)61)43-29-34-48-49-35-33-46(39-58(49)60(3,4)57(48)38-43)62(44-19-9-6-10-20-44)45-31-27-41(28-32-45)40-17-7-5-8-18-40;1-41(2)35-13-7-9-15-37(35)43(38-16-10-8-14-36(38)41)33-12-6-5-11-29(33)32-23-26(18-22-34(32)43)27-17-20-30-31-21-19-28(44)25-40(31)42(3,4)39(30)24-27;1-3-7-15(8-4-1)16-11-13-18(14-12-16)19-17-9-5-2-6-10-17;;/h5-39H,1-4H3;5-25H,1-4H3;1-14,19H;2*1H4. The highest BCUT2D eigenvalue weighted by Gasteiger charge is 2.55. The highest BCUT2D eigenvalue weighted by atomic mass is 79.9. The van der Waals surface area contributed by atoms with E-state index in [-0.39, 0.29) is 47.3 Å². The number of halogens is 1. The minimum atomic E-state index is -0.385. The second-order valence-electron chi connectivity index (χ2n) is 36.8. The summed E-state index contributed by atoms with van der Waals surface area (Å²) in [5, 5.41) is 3.38. The molecule has 0 unspecified atom stereocenters. The molecule has 0 saturated heterocycles. The van der Waals surface area contributed by atoms with Gasteiger partial charge in [-0.2, -0.15) is 0 Å². The van der Waals surface area contributed by atoms with E-state index < -0.39 is 0 Å². The third-order valence-electron chi connectivity index (χ3n) is 28.6. The number of fused-ring (bicyclic) bond motifs is 24. The number of benzene rings is 18. The van der Waals surface area contributed by atoms with Crippen LogP contribution < -0.4 is 10.2 Å². The molecule has 6 aliphatic rings. The lowest BCUT2D eigenvalue weighted by atomic mass is 9.55. The smallest absolute Gasteiger partial charge is 0.0719 e. The first kappa shape index (κ1) is 81.4. The SMILES string of the molecule is C.C.CC1(C)c2cc(-c3ccc4c(c3)-c3ccccc3C43c4ccccc4C(C)(C)c4ccccc43)ccc2-c2ccc(N(c3ccccc3)c3ccc(-c4ccccc4)cc3)cc21.CC1(C)c2cc(Br)ccc2-c2ccc(-c3ccc4c(c3)-c3ccccc3C43c4ccccc4C(C)(C)c4ccccc43)cc21.c1ccc(Nc2ccc(-c3ccccc3)cc2)cc1. The van der Waals surface area contributed by atoms with E-state index in [0.717, 1.165) is 32.9 Å². The van der Waals surface area contributed by atoms with Gasteiger partial charge in [-0.3, -0.25) is 0 Å². The summed E-state index contributed by atoms with van der Waals surface area (Å²) in [7, 11) is 0. The average Bonchev–Trinajstić information content (AvgIpc) is 1.55. The van der Waals surface area contributed by atoms with E-state index >= 15 is 0 Å². The van der Waals surface area contributed by atoms with Crippen LogP contribution in [0, 0.1) is 0 Å². The largest absolute Gasteiger partial charge is 0.356 e. The van der Waals surface area contributed by atoms with Gasteiger partial charge in [-0.15, -0.1) is 0 Å². The predicted octanol–water partition coefficient (Wildman–Crippen LogP) is 33.6. The molecule has 18 aromatic carbocycles. The molecule has 2 spiro atoms. The van der Waals surface area contributed by atoms with Crippen molar-refractivity contribution in [3.8, 4) is 89.0 Å². The zero-order chi connectivity index (χ0) is 84.7. The fourth-order valence-electron chi connectivity index (χ4n) is 22.5. The molecule has 0 heterocycles. The number of hydrogen-bond acceptors (Lipinski definition) is 2. The van der Waals surface area contributed by atoms with Crippen LogP contribution in [0.2, 0.25) is 0 Å². The summed E-state index contributed by atoms with van der Waals surface area (Å²) >= 11 is 3.71. The molecule has 616 valence electrons. The van der Waals surface area contributed by atoms with Crippen molar-refractivity contribution in [3.05, 3.63) is 518 Å². The van der Waals surface area contributed by atoms with Gasteiger partial charge in [0.2, 0.25) is 0 Å². The second-order valence-corrected chi connectivity index (χ2v) is 37.7. The van der Waals surface area contributed by atoms with Gasteiger partial charge in [-0.1, -0.05) is 414 Å². The predicted molar refractivity (Wildman–Crippen MR) is 541 cm³/mol. The van der Waals surface area contributed by atoms with Crippen molar-refractivity contribution in [2.24, 2.45) is 0 Å². The summed E-state index contributed by atoms with van der Waals surface area (Å²) in [5.74, 6) is 0. The number of anilines is 5. The summed E-state index contributed by atoms with van der Waals surface area (Å²) in [6, 6.07) is 157. The summed E-state index contributed by atoms with van der Waals surface area (Å²) < 4.78 is 1.14. The first-order chi connectivity index (χ1) is 60.9. The van der Waals surface area contributed by atoms with Gasteiger partial charge in [0.1, 0.15) is 0 Å². The van der Waals surface area contributed by atoms with E-state index in [1.165, 1.54) is 178 Å². The second kappa shape index (κ2) is 31.3. The van der Waals surface area contributed by atoms with Crippen LogP contribution in [0.4, 0.5) is 28.4 Å². The zero-order valence-corrected chi connectivity index (χ0v) is 73.3. The lowest BCUT2D eigenvalue weighted by molar-refractivity contribution is 0.563. The summed E-state index contributed by atoms with van der Waals surface area (Å²) in [6.45, 7) is 19.1. The van der Waals surface area contributed by atoms with E-state index in [2.05, 4.69) is 482 Å². The fraction of sp³-hybridized carbons (Fsp3) is 0.129. The van der Waals surface area contributed by atoms with E-state index in [1.54, 1.807) is 0 Å². The molecule has 0 bridgehead atoms. The zero-order valence-electron chi connectivity index (χ0n) is 71.7. The fourth-order valence-corrected chi connectivity index (χ4v) is 22.9. The van der Waals surface area contributed by atoms with Crippen molar-refractivity contribution >= 4 is 44.4 Å². The summed E-state index contributed by atoms with van der Waals surface area (Å²) in [6.07, 6.45) is 0. The molecule has 0 fully saturated rings. The van der Waals surface area contributed by atoms with Gasteiger partial charge in [-0.05, 0) is 275 Å². The highest BCUT2D eigenvalue weighted by Crippen LogP contribution is 2.66. The quantitative estimate of drug-likeness (QED) is 0.155. The number of nitrogens with one attached hydrogen (secondary N) is 1. The molecule has 0 atom stereocenters. The van der Waals surface area contributed by atoms with E-state index in [4.69, 9.17) is 0 Å². The molecule has 3 heteroatoms. The lowest BCUT2D eigenvalue weighted by Crippen LogP contribution is -2.40. The minimum Gasteiger partial charge on any atom is -0.356 e. The number of hydrogen-bond donors (Lipinski definition) is 1. The maximum Gasteiger partial charge on any atom is 0.0719 e. The summed E-state index contributed by atoms with van der Waals surface area (Å²) in [4.78, 5) is 2.39. The number of rotatable bonds is 9. The van der Waals surface area contributed by atoms with Crippen molar-refractivity contribution in [1.29, 1.82) is 0 Å². The Morgan fingerprint density at radius 2 is 0.441 bits per heavy atom. The van der Waals surface area contributed by atoms with Crippen molar-refractivity contribution in [2.75, 3.05) is 10.2 Å². The van der Waals surface area contributed by atoms with Crippen LogP contribution in [0.25, 0.3) is 89.0 Å². The van der Waals surface area contributed by atoms with Gasteiger partial charge < -0.3 is 10.2 Å². The molecular formula is C124H103BrN2. The molecular weight excluding hydrogens is 1600 g/mol. The maximum atomic E-state index is 3.71. The minimum absolute atomic E-state index is 0. The van der Waals surface area contributed by atoms with Crippen molar-refractivity contribution in [3.63, 3.8) is 0 Å². The third kappa shape index (κ3) is 12.8. The van der Waals surface area contributed by atoms with Gasteiger partial charge in [0.05, 0.1) is 10.8 Å². The topological polar surface area (TPSA) is 15.3 Å². The molecule has 0 aromatic heterocycles. The average molecular weight is 1700 g/mol. The van der Waals surface area contributed by atoms with Crippen LogP contribution in [-0.2, 0) is 32.5 Å². The van der Waals surface area contributed by atoms with Crippen molar-refractivity contribution < 1.29 is 0 Å². The third-order valence-corrected chi connectivity index (χ3v) is 29.1. The van der Waals surface area contributed by atoms with E-state index in [1.807, 2.05) is 24.3 Å². The van der Waals surface area contributed by atoms with Gasteiger partial charge in [0, 0.05) is 54.6 Å². The van der Waals surface area contributed by atoms with E-state index in [9.17, 15) is 0 Å². The van der Waals surface area contributed by atoms with Crippen LogP contribution in [-0.4, -0.2) is 0 Å². The number of nitrogens with zero attached hydrogens (tertiary/aromatic N) is 1. The van der Waals surface area contributed by atoms with Crippen LogP contribution in [0.15, 0.2) is 429 Å². The van der Waals surface area contributed by atoms with Crippen LogP contribution in [0.1, 0.15) is 159 Å². The molecule has 0 saturated carbocycles. The Morgan fingerprint density at radius 3 is 0.866 bits per heavy atom. The first-order valence-corrected chi connectivity index (χ1v) is 44.8. The van der Waals surface area contributed by atoms with Crippen molar-refractivity contribution in [2.45, 2.75) is 103 Å².